The molecule has 8 heteroatoms. The van der Waals surface area contributed by atoms with E-state index in [0.717, 1.165) is 4.90 Å². The average Bonchev–Trinajstić information content (AvgIpc) is 3.09. The van der Waals surface area contributed by atoms with Crippen LogP contribution in [0.25, 0.3) is 0 Å². The number of rotatable bonds is 3. The summed E-state index contributed by atoms with van der Waals surface area (Å²) < 4.78 is 10.6. The van der Waals surface area contributed by atoms with Gasteiger partial charge in [-0.1, -0.05) is 6.07 Å². The first-order valence-electron chi connectivity index (χ1n) is 7.16. The lowest BCUT2D eigenvalue weighted by Gasteiger charge is -2.24. The molecule has 2 aliphatic rings. The molecule has 1 fully saturated rings. The Labute approximate surface area is 132 Å². The van der Waals surface area contributed by atoms with E-state index in [1.807, 2.05) is 0 Å². The van der Waals surface area contributed by atoms with Crippen LogP contribution in [0.15, 0.2) is 18.2 Å². The van der Waals surface area contributed by atoms with Gasteiger partial charge in [0, 0.05) is 7.05 Å². The molecule has 4 amide bonds. The number of urea groups is 1. The van der Waals surface area contributed by atoms with Crippen molar-refractivity contribution in [2.75, 3.05) is 13.8 Å². The number of hydrogen-bond acceptors (Lipinski definition) is 5. The molecule has 3 rings (SSSR count). The van der Waals surface area contributed by atoms with Crippen molar-refractivity contribution in [2.24, 2.45) is 0 Å². The van der Waals surface area contributed by atoms with E-state index in [2.05, 4.69) is 10.6 Å². The van der Waals surface area contributed by atoms with E-state index in [0.29, 0.717) is 17.1 Å². The highest BCUT2D eigenvalue weighted by Gasteiger charge is 2.52. The van der Waals surface area contributed by atoms with Gasteiger partial charge in [-0.15, -0.1) is 0 Å². The second-order valence-electron chi connectivity index (χ2n) is 5.59. The smallest absolute Gasteiger partial charge is 0.326 e. The van der Waals surface area contributed by atoms with E-state index in [9.17, 15) is 14.4 Å². The van der Waals surface area contributed by atoms with Crippen LogP contribution >= 0.6 is 0 Å². The number of nitrogens with zero attached hydrogens (tertiary/aromatic N) is 1. The van der Waals surface area contributed by atoms with E-state index in [1.54, 1.807) is 25.1 Å². The third kappa shape index (κ3) is 2.18. The maximum Gasteiger partial charge on any atom is 0.326 e. The molecule has 0 aromatic heterocycles. The van der Waals surface area contributed by atoms with Gasteiger partial charge in [-0.2, -0.15) is 0 Å². The summed E-state index contributed by atoms with van der Waals surface area (Å²) in [5.41, 5.74) is -0.702. The largest absolute Gasteiger partial charge is 0.454 e. The number of imide groups is 1. The Morgan fingerprint density at radius 2 is 2.04 bits per heavy atom. The Morgan fingerprint density at radius 1 is 1.35 bits per heavy atom. The van der Waals surface area contributed by atoms with Crippen molar-refractivity contribution in [2.45, 2.75) is 25.4 Å². The summed E-state index contributed by atoms with van der Waals surface area (Å²) in [4.78, 5) is 37.7. The van der Waals surface area contributed by atoms with Crippen molar-refractivity contribution < 1.29 is 23.9 Å². The molecule has 0 aliphatic carbocycles. The van der Waals surface area contributed by atoms with Gasteiger partial charge in [0.1, 0.15) is 11.6 Å². The van der Waals surface area contributed by atoms with E-state index in [4.69, 9.17) is 9.47 Å². The first-order valence-corrected chi connectivity index (χ1v) is 7.16. The summed E-state index contributed by atoms with van der Waals surface area (Å²) in [6.45, 7) is 3.22. The molecule has 1 aromatic rings. The third-order valence-corrected chi connectivity index (χ3v) is 4.19. The molecule has 122 valence electrons. The maximum atomic E-state index is 12.8. The first-order chi connectivity index (χ1) is 10.9. The minimum absolute atomic E-state index is 0.121. The highest BCUT2D eigenvalue weighted by Crippen LogP contribution is 2.38. The summed E-state index contributed by atoms with van der Waals surface area (Å²) >= 11 is 0. The van der Waals surface area contributed by atoms with E-state index >= 15 is 0 Å². The van der Waals surface area contributed by atoms with Gasteiger partial charge in [0.15, 0.2) is 11.5 Å². The molecular weight excluding hydrogens is 302 g/mol. The number of carbonyl (C=O) groups excluding carboxylic acids is 3. The molecule has 8 nitrogen and oxygen atoms in total. The average molecular weight is 319 g/mol. The fraction of sp³-hybridized carbons (Fsp3) is 0.400. The Hall–Kier alpha value is -2.77. The zero-order valence-electron chi connectivity index (χ0n) is 13.0. The Morgan fingerprint density at radius 3 is 2.74 bits per heavy atom. The quantitative estimate of drug-likeness (QED) is 0.782. The number of nitrogens with one attached hydrogen (secondary N) is 2. The summed E-state index contributed by atoms with van der Waals surface area (Å²) in [6.07, 6.45) is 0. The number of likely N-dealkylation sites (N-methyl/N-ethyl adjacent to an activating group) is 1. The third-order valence-electron chi connectivity index (χ3n) is 4.19. The van der Waals surface area contributed by atoms with Gasteiger partial charge < -0.3 is 20.1 Å². The molecule has 0 spiro atoms. The van der Waals surface area contributed by atoms with Crippen LogP contribution in [-0.2, 0) is 15.1 Å². The van der Waals surface area contributed by atoms with Crippen LogP contribution in [0.2, 0.25) is 0 Å². The molecule has 0 unspecified atom stereocenters. The van der Waals surface area contributed by atoms with Gasteiger partial charge in [0.2, 0.25) is 12.7 Å². The Bertz CT molecular complexity index is 704. The molecule has 0 radical (unpaired) electrons. The fourth-order valence-corrected chi connectivity index (χ4v) is 2.74. The lowest BCUT2D eigenvalue weighted by molar-refractivity contribution is -0.137. The van der Waals surface area contributed by atoms with Crippen molar-refractivity contribution in [3.8, 4) is 11.5 Å². The van der Waals surface area contributed by atoms with Crippen LogP contribution in [-0.4, -0.2) is 42.6 Å². The van der Waals surface area contributed by atoms with Crippen molar-refractivity contribution in [1.29, 1.82) is 0 Å². The minimum atomic E-state index is -1.26. The molecule has 1 aromatic carbocycles. The van der Waals surface area contributed by atoms with Gasteiger partial charge in [-0.25, -0.2) is 9.69 Å². The lowest BCUT2D eigenvalue weighted by Crippen LogP contribution is -2.48. The molecule has 0 bridgehead atoms. The van der Waals surface area contributed by atoms with Crippen LogP contribution in [0, 0.1) is 0 Å². The van der Waals surface area contributed by atoms with Crippen molar-refractivity contribution in [3.63, 3.8) is 0 Å². The summed E-state index contributed by atoms with van der Waals surface area (Å²) in [6, 6.07) is 3.54. The summed E-state index contributed by atoms with van der Waals surface area (Å²) in [7, 11) is 1.45. The van der Waals surface area contributed by atoms with Crippen LogP contribution < -0.4 is 20.1 Å². The summed E-state index contributed by atoms with van der Waals surface area (Å²) in [5.74, 6) is 0.203. The number of carbonyl (C=O) groups is 3. The monoisotopic (exact) mass is 319 g/mol. The molecule has 2 aliphatic heterocycles. The number of benzene rings is 1. The lowest BCUT2D eigenvalue weighted by atomic mass is 9.91. The highest BCUT2D eigenvalue weighted by atomic mass is 16.7. The van der Waals surface area contributed by atoms with Gasteiger partial charge in [0.25, 0.3) is 5.91 Å². The Kier molecular flexibility index (Phi) is 3.39. The summed E-state index contributed by atoms with van der Waals surface area (Å²) in [5, 5.41) is 5.09. The molecule has 0 saturated carbocycles. The molecular formula is C15H17N3O5. The first kappa shape index (κ1) is 15.1. The van der Waals surface area contributed by atoms with Crippen LogP contribution in [0.5, 0.6) is 11.5 Å². The van der Waals surface area contributed by atoms with Gasteiger partial charge in [-0.05, 0) is 31.5 Å². The standard InChI is InChI=1S/C15H17N3O5/c1-8(12(19)16-3)18-13(20)15(2,17-14(18)21)9-4-5-10-11(6-9)23-7-22-10/h4-6,8H,7H2,1-3H3,(H,16,19)(H,17,21)/t8-,15-/m1/s1. The van der Waals surface area contributed by atoms with Crippen LogP contribution in [0.4, 0.5) is 4.79 Å². The highest BCUT2D eigenvalue weighted by molar-refractivity contribution is 6.09. The fourth-order valence-electron chi connectivity index (χ4n) is 2.74. The second-order valence-corrected chi connectivity index (χ2v) is 5.59. The van der Waals surface area contributed by atoms with Crippen molar-refractivity contribution in [3.05, 3.63) is 23.8 Å². The van der Waals surface area contributed by atoms with E-state index < -0.39 is 29.4 Å². The molecule has 2 N–H and O–H groups in total. The Balaban J connectivity index is 1.95. The predicted octanol–water partition coefficient (Wildman–Crippen LogP) is 0.317. The second kappa shape index (κ2) is 5.15. The van der Waals surface area contributed by atoms with E-state index in [-0.39, 0.29) is 6.79 Å². The molecule has 1 saturated heterocycles. The van der Waals surface area contributed by atoms with E-state index in [1.165, 1.54) is 14.0 Å². The number of amides is 4. The van der Waals surface area contributed by atoms with Gasteiger partial charge in [0.05, 0.1) is 0 Å². The minimum Gasteiger partial charge on any atom is -0.454 e. The zero-order chi connectivity index (χ0) is 16.8. The predicted molar refractivity (Wildman–Crippen MR) is 78.8 cm³/mol. The molecule has 2 heterocycles. The topological polar surface area (TPSA) is 97.0 Å². The number of hydrogen-bond donors (Lipinski definition) is 2. The van der Waals surface area contributed by atoms with Gasteiger partial charge in [-0.3, -0.25) is 9.59 Å². The van der Waals surface area contributed by atoms with Crippen LogP contribution in [0.1, 0.15) is 19.4 Å². The number of ether oxygens (including phenoxy) is 2. The molecule has 23 heavy (non-hydrogen) atoms. The van der Waals surface area contributed by atoms with Crippen molar-refractivity contribution in [1.82, 2.24) is 15.5 Å². The number of fused-ring (bicyclic) bond motifs is 1. The SMILES string of the molecule is CNC(=O)[C@@H](C)N1C(=O)N[C@](C)(c2ccc3c(c2)OCO3)C1=O. The van der Waals surface area contributed by atoms with Crippen molar-refractivity contribution >= 4 is 17.8 Å². The molecule has 2 atom stereocenters. The van der Waals surface area contributed by atoms with Gasteiger partial charge >= 0.3 is 6.03 Å². The maximum absolute atomic E-state index is 12.8. The van der Waals surface area contributed by atoms with Crippen LogP contribution in [0.3, 0.4) is 0 Å². The zero-order valence-corrected chi connectivity index (χ0v) is 13.0. The normalized spacial score (nSPS) is 23.7.